The van der Waals surface area contributed by atoms with Crippen molar-refractivity contribution < 1.29 is 0 Å². The van der Waals surface area contributed by atoms with Crippen molar-refractivity contribution in [3.8, 4) is 0 Å². The van der Waals surface area contributed by atoms with Gasteiger partial charge in [-0.1, -0.05) is 12.5 Å². The molecule has 3 heteroatoms. The van der Waals surface area contributed by atoms with Gasteiger partial charge in [0.25, 0.3) is 0 Å². The summed E-state index contributed by atoms with van der Waals surface area (Å²) < 4.78 is 0. The van der Waals surface area contributed by atoms with Gasteiger partial charge >= 0.3 is 0 Å². The Kier molecular flexibility index (Phi) is 3.01. The first-order valence-corrected chi connectivity index (χ1v) is 7.24. The van der Waals surface area contributed by atoms with Crippen LogP contribution in [0.3, 0.4) is 0 Å². The van der Waals surface area contributed by atoms with Crippen LogP contribution >= 0.6 is 11.3 Å². The molecule has 2 aliphatic rings. The molecule has 2 nitrogen and oxygen atoms in total. The fourth-order valence-corrected chi connectivity index (χ4v) is 3.79. The first-order chi connectivity index (χ1) is 7.83. The van der Waals surface area contributed by atoms with Gasteiger partial charge in [-0.15, -0.1) is 11.3 Å². The average Bonchev–Trinajstić information content (AvgIpc) is 2.66. The number of piperidine rings is 1. The summed E-state index contributed by atoms with van der Waals surface area (Å²) in [5, 5.41) is 2.18. The Labute approximate surface area is 101 Å². The molecule has 3 rings (SSSR count). The van der Waals surface area contributed by atoms with E-state index >= 15 is 0 Å². The van der Waals surface area contributed by atoms with Crippen molar-refractivity contribution in [3.05, 3.63) is 22.4 Å². The lowest BCUT2D eigenvalue weighted by Crippen LogP contribution is -2.52. The predicted octanol–water partition coefficient (Wildman–Crippen LogP) is 2.42. The quantitative estimate of drug-likeness (QED) is 0.854. The Bertz CT molecular complexity index is 332. The maximum atomic E-state index is 6.20. The van der Waals surface area contributed by atoms with E-state index in [0.717, 1.165) is 12.6 Å². The van der Waals surface area contributed by atoms with Gasteiger partial charge in [-0.2, -0.15) is 0 Å². The highest BCUT2D eigenvalue weighted by Crippen LogP contribution is 2.34. The summed E-state index contributed by atoms with van der Waals surface area (Å²) in [7, 11) is 0. The molecule has 2 atom stereocenters. The molecular weight excluding hydrogens is 216 g/mol. The number of rotatable bonds is 2. The first kappa shape index (κ1) is 10.8. The summed E-state index contributed by atoms with van der Waals surface area (Å²) in [4.78, 5) is 4.17. The molecule has 2 N–H and O–H groups in total. The molecule has 1 aliphatic carbocycles. The minimum Gasteiger partial charge on any atom is -0.327 e. The Balaban J connectivity index is 1.70. The zero-order valence-electron chi connectivity index (χ0n) is 9.64. The first-order valence-electron chi connectivity index (χ1n) is 6.36. The lowest BCUT2D eigenvalue weighted by atomic mass is 9.86. The second-order valence-electron chi connectivity index (χ2n) is 5.25. The minimum absolute atomic E-state index is 0.376. The van der Waals surface area contributed by atoms with Gasteiger partial charge in [0.1, 0.15) is 0 Å². The van der Waals surface area contributed by atoms with E-state index in [1.807, 2.05) is 11.3 Å². The van der Waals surface area contributed by atoms with Crippen molar-refractivity contribution in [2.24, 2.45) is 5.73 Å². The van der Waals surface area contributed by atoms with Crippen molar-refractivity contribution in [1.82, 2.24) is 4.90 Å². The molecule has 2 unspecified atom stereocenters. The minimum atomic E-state index is 0.376. The molecule has 2 fully saturated rings. The maximum Gasteiger partial charge on any atom is 0.0174 e. The monoisotopic (exact) mass is 236 g/mol. The fraction of sp³-hybridized carbons (Fsp3) is 0.692. The zero-order chi connectivity index (χ0) is 11.0. The van der Waals surface area contributed by atoms with E-state index in [0.29, 0.717) is 12.0 Å². The molecule has 0 spiro atoms. The third-order valence-corrected chi connectivity index (χ3v) is 5.08. The predicted molar refractivity (Wildman–Crippen MR) is 68.9 cm³/mol. The molecule has 1 aliphatic heterocycles. The van der Waals surface area contributed by atoms with Crippen LogP contribution in [-0.4, -0.2) is 30.1 Å². The second-order valence-corrected chi connectivity index (χ2v) is 6.23. The largest absolute Gasteiger partial charge is 0.327 e. The van der Waals surface area contributed by atoms with E-state index in [4.69, 9.17) is 5.73 Å². The molecule has 0 bridgehead atoms. The summed E-state index contributed by atoms with van der Waals surface area (Å²) in [6.45, 7) is 2.35. The van der Waals surface area contributed by atoms with Crippen molar-refractivity contribution in [2.45, 2.75) is 43.7 Å². The van der Waals surface area contributed by atoms with E-state index in [9.17, 15) is 0 Å². The summed E-state index contributed by atoms with van der Waals surface area (Å²) in [6, 6.07) is 5.65. The van der Waals surface area contributed by atoms with Crippen LogP contribution in [0.15, 0.2) is 17.5 Å². The van der Waals surface area contributed by atoms with Crippen LogP contribution in [0.1, 0.15) is 36.5 Å². The van der Waals surface area contributed by atoms with E-state index in [1.165, 1.54) is 37.1 Å². The third-order valence-electron chi connectivity index (χ3n) is 4.05. The topological polar surface area (TPSA) is 29.3 Å². The van der Waals surface area contributed by atoms with E-state index in [-0.39, 0.29) is 0 Å². The molecular formula is C13H20N2S. The Hall–Kier alpha value is -0.380. The average molecular weight is 236 g/mol. The molecule has 1 saturated carbocycles. The van der Waals surface area contributed by atoms with Crippen LogP contribution in [0.5, 0.6) is 0 Å². The van der Waals surface area contributed by atoms with Crippen LogP contribution in [0.25, 0.3) is 0 Å². The molecule has 0 amide bonds. The molecule has 1 aromatic rings. The lowest BCUT2D eigenvalue weighted by molar-refractivity contribution is 0.0854. The molecule has 88 valence electrons. The van der Waals surface area contributed by atoms with Gasteiger partial charge in [0, 0.05) is 36.0 Å². The zero-order valence-corrected chi connectivity index (χ0v) is 10.5. The Morgan fingerprint density at radius 3 is 2.81 bits per heavy atom. The van der Waals surface area contributed by atoms with Gasteiger partial charge < -0.3 is 5.73 Å². The molecule has 0 radical (unpaired) electrons. The number of hydrogen-bond acceptors (Lipinski definition) is 3. The van der Waals surface area contributed by atoms with E-state index < -0.39 is 0 Å². The number of nitrogens with zero attached hydrogens (tertiary/aromatic N) is 1. The van der Waals surface area contributed by atoms with Gasteiger partial charge in [0.15, 0.2) is 0 Å². The van der Waals surface area contributed by atoms with Crippen LogP contribution < -0.4 is 5.73 Å². The summed E-state index contributed by atoms with van der Waals surface area (Å²) >= 11 is 1.89. The van der Waals surface area contributed by atoms with Crippen LogP contribution in [0.2, 0.25) is 0 Å². The van der Waals surface area contributed by atoms with Gasteiger partial charge in [0.05, 0.1) is 0 Å². The molecule has 2 heterocycles. The highest BCUT2D eigenvalue weighted by atomic mass is 32.1. The number of hydrogen-bond donors (Lipinski definition) is 1. The molecule has 0 aromatic carbocycles. The van der Waals surface area contributed by atoms with E-state index in [2.05, 4.69) is 22.4 Å². The lowest BCUT2D eigenvalue weighted by Gasteiger charge is -2.44. The summed E-state index contributed by atoms with van der Waals surface area (Å²) in [6.07, 6.45) is 5.37. The SMILES string of the molecule is NC1CC(c2cccs2)CN(C2CCC2)C1. The van der Waals surface area contributed by atoms with Crippen LogP contribution in [0.4, 0.5) is 0 Å². The normalized spacial score (nSPS) is 32.6. The summed E-state index contributed by atoms with van der Waals surface area (Å²) in [5.41, 5.74) is 6.20. The van der Waals surface area contributed by atoms with Crippen LogP contribution in [-0.2, 0) is 0 Å². The molecule has 16 heavy (non-hydrogen) atoms. The van der Waals surface area contributed by atoms with E-state index in [1.54, 1.807) is 0 Å². The van der Waals surface area contributed by atoms with Crippen LogP contribution in [0, 0.1) is 0 Å². The highest BCUT2D eigenvalue weighted by Gasteiger charge is 2.33. The molecule has 1 saturated heterocycles. The fourth-order valence-electron chi connectivity index (χ4n) is 2.95. The third kappa shape index (κ3) is 2.04. The molecule has 1 aromatic heterocycles. The standard InChI is InChI=1S/C13H20N2S/c14-11-7-10(13-5-2-6-16-13)8-15(9-11)12-3-1-4-12/h2,5-6,10-12H,1,3-4,7-9,14H2. The Morgan fingerprint density at radius 1 is 1.31 bits per heavy atom. The van der Waals surface area contributed by atoms with Crippen molar-refractivity contribution in [3.63, 3.8) is 0 Å². The van der Waals surface area contributed by atoms with Gasteiger partial charge in [-0.05, 0) is 30.7 Å². The Morgan fingerprint density at radius 2 is 2.19 bits per heavy atom. The van der Waals surface area contributed by atoms with Crippen molar-refractivity contribution in [1.29, 1.82) is 0 Å². The van der Waals surface area contributed by atoms with Gasteiger partial charge in [0.2, 0.25) is 0 Å². The highest BCUT2D eigenvalue weighted by molar-refractivity contribution is 7.10. The smallest absolute Gasteiger partial charge is 0.0174 e. The van der Waals surface area contributed by atoms with Gasteiger partial charge in [-0.3, -0.25) is 4.90 Å². The number of thiophene rings is 1. The maximum absolute atomic E-state index is 6.20. The van der Waals surface area contributed by atoms with Crippen molar-refractivity contribution >= 4 is 11.3 Å². The number of nitrogens with two attached hydrogens (primary N) is 1. The second kappa shape index (κ2) is 4.47. The summed E-state index contributed by atoms with van der Waals surface area (Å²) in [5.74, 6) is 0.685. The number of likely N-dealkylation sites (tertiary alicyclic amines) is 1. The van der Waals surface area contributed by atoms with Crippen molar-refractivity contribution in [2.75, 3.05) is 13.1 Å². The van der Waals surface area contributed by atoms with Gasteiger partial charge in [-0.25, -0.2) is 0 Å².